The van der Waals surface area contributed by atoms with Crippen LogP contribution >= 0.6 is 0 Å². The van der Waals surface area contributed by atoms with Gasteiger partial charge in [0.05, 0.1) is 5.76 Å². The number of hydrogen-bond acceptors (Lipinski definition) is 5. The van der Waals surface area contributed by atoms with Crippen molar-refractivity contribution in [1.82, 2.24) is 0 Å². The monoisotopic (exact) mass is 323 g/mol. The van der Waals surface area contributed by atoms with Crippen molar-refractivity contribution >= 4 is 18.0 Å². The number of carbonyl (C=O) groups excluding carboxylic acids is 1. The lowest BCUT2D eigenvalue weighted by Crippen LogP contribution is -2.52. The molecule has 1 aliphatic rings. The normalized spacial score (nSPS) is 24.0. The summed E-state index contributed by atoms with van der Waals surface area (Å²) in [5, 5.41) is 23.4. The van der Waals surface area contributed by atoms with E-state index < -0.39 is 22.6 Å². The summed E-state index contributed by atoms with van der Waals surface area (Å²) < 4.78 is 0. The van der Waals surface area contributed by atoms with Crippen molar-refractivity contribution in [3.05, 3.63) is 24.0 Å². The maximum atomic E-state index is 12.7. The third-order valence-corrected chi connectivity index (χ3v) is 4.57. The summed E-state index contributed by atoms with van der Waals surface area (Å²) in [6, 6.07) is 0. The van der Waals surface area contributed by atoms with Gasteiger partial charge in [0.1, 0.15) is 12.0 Å². The maximum absolute atomic E-state index is 12.7. The van der Waals surface area contributed by atoms with E-state index in [1.54, 1.807) is 26.1 Å². The van der Waals surface area contributed by atoms with E-state index >= 15 is 0 Å². The van der Waals surface area contributed by atoms with E-state index in [1.165, 1.54) is 6.92 Å². The van der Waals surface area contributed by atoms with Gasteiger partial charge in [0.2, 0.25) is 0 Å². The molecule has 0 spiro atoms. The smallest absolute Gasteiger partial charge is 0.317 e. The lowest BCUT2D eigenvalue weighted by atomic mass is 9.57. The van der Waals surface area contributed by atoms with Gasteiger partial charge in [0, 0.05) is 18.2 Å². The molecule has 128 valence electrons. The van der Waals surface area contributed by atoms with E-state index in [1.807, 2.05) is 0 Å². The molecule has 1 rings (SSSR count). The second-order valence-corrected chi connectivity index (χ2v) is 6.51. The van der Waals surface area contributed by atoms with Crippen LogP contribution in [0.1, 0.15) is 46.5 Å². The highest BCUT2D eigenvalue weighted by Crippen LogP contribution is 2.50. The first-order valence-corrected chi connectivity index (χ1v) is 7.62. The Bertz CT molecular complexity index is 547. The first-order valence-electron chi connectivity index (χ1n) is 7.62. The molecule has 1 atom stereocenters. The van der Waals surface area contributed by atoms with Crippen LogP contribution in [0.4, 0.5) is 0 Å². The van der Waals surface area contributed by atoms with Gasteiger partial charge in [-0.25, -0.2) is 0 Å². The minimum atomic E-state index is -1.53. The fourth-order valence-corrected chi connectivity index (χ4v) is 2.66. The predicted molar refractivity (Wildman–Crippen MR) is 87.3 cm³/mol. The molecule has 0 amide bonds. The summed E-state index contributed by atoms with van der Waals surface area (Å²) in [7, 11) is 0. The van der Waals surface area contributed by atoms with Crippen LogP contribution in [-0.2, 0) is 14.4 Å². The van der Waals surface area contributed by atoms with E-state index in [0.717, 1.165) is 0 Å². The fraction of sp³-hybridized carbons (Fsp3) is 0.588. The molecule has 0 fully saturated rings. The van der Waals surface area contributed by atoms with E-state index in [4.69, 9.17) is 4.84 Å². The topological polar surface area (TPSA) is 96.2 Å². The number of allylic oxidation sites excluding steroid dienone is 2. The molecular weight excluding hydrogens is 298 g/mol. The van der Waals surface area contributed by atoms with Gasteiger partial charge < -0.3 is 15.1 Å². The molecule has 0 aromatic heterocycles. The Hall–Kier alpha value is -2.11. The molecule has 0 heterocycles. The van der Waals surface area contributed by atoms with Crippen molar-refractivity contribution in [2.24, 2.45) is 16.0 Å². The van der Waals surface area contributed by atoms with Crippen LogP contribution in [0.5, 0.6) is 0 Å². The number of unbranched alkanes of at least 4 members (excludes halogenated alkanes) is 1. The Kier molecular flexibility index (Phi) is 6.12. The molecule has 0 aliphatic heterocycles. The van der Waals surface area contributed by atoms with Crippen molar-refractivity contribution in [3.63, 3.8) is 0 Å². The Labute approximate surface area is 136 Å². The minimum Gasteiger partial charge on any atom is -0.512 e. The first-order chi connectivity index (χ1) is 10.7. The molecular formula is C17H25NO5. The SMILES string of the molecule is C=CCON=CCCCC1=C(O)CC(C)(C)C(C)(C(=O)O)C1=O. The molecule has 0 bridgehead atoms. The second-order valence-electron chi connectivity index (χ2n) is 6.51. The van der Waals surface area contributed by atoms with Gasteiger partial charge >= 0.3 is 5.97 Å². The summed E-state index contributed by atoms with van der Waals surface area (Å²) in [5.74, 6) is -1.66. The Morgan fingerprint density at radius 1 is 1.43 bits per heavy atom. The third-order valence-electron chi connectivity index (χ3n) is 4.57. The molecule has 6 heteroatoms. The molecule has 0 aromatic rings. The van der Waals surface area contributed by atoms with E-state index in [2.05, 4.69) is 11.7 Å². The second kappa shape index (κ2) is 7.44. The fourth-order valence-electron chi connectivity index (χ4n) is 2.66. The molecule has 1 aliphatic carbocycles. The number of aliphatic carboxylic acids is 1. The number of rotatable bonds is 8. The van der Waals surface area contributed by atoms with Gasteiger partial charge in [-0.15, -0.1) is 0 Å². The number of aliphatic hydroxyl groups excluding tert-OH is 1. The van der Waals surface area contributed by atoms with Gasteiger partial charge in [0.25, 0.3) is 0 Å². The van der Waals surface area contributed by atoms with Crippen LogP contribution in [-0.4, -0.2) is 34.8 Å². The van der Waals surface area contributed by atoms with Crippen LogP contribution in [0.3, 0.4) is 0 Å². The van der Waals surface area contributed by atoms with Gasteiger partial charge in [0.15, 0.2) is 5.78 Å². The Morgan fingerprint density at radius 2 is 2.09 bits per heavy atom. The Morgan fingerprint density at radius 3 is 2.65 bits per heavy atom. The number of Topliss-reactive ketones (excluding diaryl/α,β-unsaturated/α-hetero) is 1. The van der Waals surface area contributed by atoms with Crippen molar-refractivity contribution in [1.29, 1.82) is 0 Å². The van der Waals surface area contributed by atoms with Crippen molar-refractivity contribution in [2.45, 2.75) is 46.5 Å². The minimum absolute atomic E-state index is 0.00132. The van der Waals surface area contributed by atoms with Crippen LogP contribution in [0.25, 0.3) is 0 Å². The van der Waals surface area contributed by atoms with Crippen LogP contribution in [0.2, 0.25) is 0 Å². The zero-order chi connectivity index (χ0) is 17.7. The average Bonchev–Trinajstić information content (AvgIpc) is 2.46. The highest BCUT2D eigenvalue weighted by molar-refractivity contribution is 6.13. The summed E-state index contributed by atoms with van der Waals surface area (Å²) >= 11 is 0. The van der Waals surface area contributed by atoms with Crippen molar-refractivity contribution in [2.75, 3.05) is 6.61 Å². The zero-order valence-corrected chi connectivity index (χ0v) is 14.0. The number of nitrogens with zero attached hydrogens (tertiary/aromatic N) is 1. The highest BCUT2D eigenvalue weighted by Gasteiger charge is 2.57. The molecule has 1 unspecified atom stereocenters. The number of oxime groups is 1. The van der Waals surface area contributed by atoms with E-state index in [9.17, 15) is 19.8 Å². The van der Waals surface area contributed by atoms with Crippen LogP contribution in [0.15, 0.2) is 29.1 Å². The largest absolute Gasteiger partial charge is 0.512 e. The van der Waals surface area contributed by atoms with Gasteiger partial charge in [-0.05, 0) is 31.6 Å². The van der Waals surface area contributed by atoms with Crippen LogP contribution < -0.4 is 0 Å². The summed E-state index contributed by atoms with van der Waals surface area (Å²) in [6.07, 6.45) is 4.78. The van der Waals surface area contributed by atoms with Crippen molar-refractivity contribution < 1.29 is 24.6 Å². The summed E-state index contributed by atoms with van der Waals surface area (Å²) in [5.41, 5.74) is -2.16. The quantitative estimate of drug-likeness (QED) is 0.235. The lowest BCUT2D eigenvalue weighted by molar-refractivity contribution is -0.162. The molecule has 0 radical (unpaired) electrons. The number of carboxylic acids is 1. The van der Waals surface area contributed by atoms with Crippen LogP contribution in [0, 0.1) is 10.8 Å². The standard InChI is InChI=1S/C17H25NO5/c1-5-10-23-18-9-7-6-8-12-13(19)11-16(2,3)17(4,14(12)20)15(21)22/h5,9,19H,1,6-8,10-11H2,2-4H3,(H,21,22). The molecule has 0 saturated heterocycles. The number of hydrogen-bond donors (Lipinski definition) is 2. The summed E-state index contributed by atoms with van der Waals surface area (Å²) in [6.45, 7) is 8.64. The number of carbonyl (C=O) groups is 2. The molecule has 23 heavy (non-hydrogen) atoms. The van der Waals surface area contributed by atoms with Crippen molar-refractivity contribution in [3.8, 4) is 0 Å². The number of ketones is 1. The first kappa shape index (κ1) is 18.9. The number of carboxylic acid groups (broad SMARTS) is 1. The van der Waals surface area contributed by atoms with E-state index in [0.29, 0.717) is 25.9 Å². The Balaban J connectivity index is 2.79. The molecule has 2 N–H and O–H groups in total. The predicted octanol–water partition coefficient (Wildman–Crippen LogP) is 3.25. The molecule has 0 saturated carbocycles. The van der Waals surface area contributed by atoms with Gasteiger partial charge in [-0.1, -0.05) is 31.7 Å². The highest BCUT2D eigenvalue weighted by atomic mass is 16.6. The lowest BCUT2D eigenvalue weighted by Gasteiger charge is -2.43. The van der Waals surface area contributed by atoms with Gasteiger partial charge in [-0.2, -0.15) is 0 Å². The van der Waals surface area contributed by atoms with Gasteiger partial charge in [-0.3, -0.25) is 9.59 Å². The zero-order valence-electron chi connectivity index (χ0n) is 14.0. The molecule has 0 aromatic carbocycles. The third kappa shape index (κ3) is 3.81. The summed E-state index contributed by atoms with van der Waals surface area (Å²) in [4.78, 5) is 29.2. The number of aliphatic hydroxyl groups is 1. The van der Waals surface area contributed by atoms with E-state index in [-0.39, 0.29) is 17.8 Å². The maximum Gasteiger partial charge on any atom is 0.317 e. The molecule has 6 nitrogen and oxygen atoms in total. The average molecular weight is 323 g/mol.